The van der Waals surface area contributed by atoms with E-state index in [9.17, 15) is 9.59 Å². The minimum absolute atomic E-state index is 0.126. The van der Waals surface area contributed by atoms with E-state index in [2.05, 4.69) is 36.9 Å². The molecule has 1 atom stereocenters. The maximum atomic E-state index is 12.8. The Morgan fingerprint density at radius 3 is 2.56 bits per heavy atom. The Morgan fingerprint density at radius 1 is 1.12 bits per heavy atom. The molecule has 32 heavy (non-hydrogen) atoms. The van der Waals surface area contributed by atoms with E-state index in [0.717, 1.165) is 44.8 Å². The summed E-state index contributed by atoms with van der Waals surface area (Å²) in [6, 6.07) is 8.30. The van der Waals surface area contributed by atoms with Crippen molar-refractivity contribution in [3.63, 3.8) is 0 Å². The predicted molar refractivity (Wildman–Crippen MR) is 122 cm³/mol. The summed E-state index contributed by atoms with van der Waals surface area (Å²) in [7, 11) is 0. The first-order valence-electron chi connectivity index (χ1n) is 12.1. The maximum absolute atomic E-state index is 12.8. The van der Waals surface area contributed by atoms with Crippen molar-refractivity contribution in [3.8, 4) is 5.75 Å². The van der Waals surface area contributed by atoms with Crippen molar-refractivity contribution < 1.29 is 19.1 Å². The highest BCUT2D eigenvalue weighted by Gasteiger charge is 2.38. The molecule has 0 aliphatic carbocycles. The van der Waals surface area contributed by atoms with Crippen LogP contribution in [0.4, 0.5) is 0 Å². The summed E-state index contributed by atoms with van der Waals surface area (Å²) in [5.41, 5.74) is 1.24. The number of piperidine rings is 1. The zero-order chi connectivity index (χ0) is 22.5. The number of para-hydroxylation sites is 1. The van der Waals surface area contributed by atoms with Crippen molar-refractivity contribution in [2.45, 2.75) is 45.8 Å². The van der Waals surface area contributed by atoms with Gasteiger partial charge in [-0.3, -0.25) is 14.5 Å². The highest BCUT2D eigenvalue weighted by molar-refractivity contribution is 5.89. The van der Waals surface area contributed by atoms with Gasteiger partial charge in [-0.15, -0.1) is 0 Å². The molecule has 0 N–H and O–H groups in total. The highest BCUT2D eigenvalue weighted by Crippen LogP contribution is 2.27. The second-order valence-electron chi connectivity index (χ2n) is 9.63. The Labute approximate surface area is 191 Å². The first-order chi connectivity index (χ1) is 15.5. The zero-order valence-corrected chi connectivity index (χ0v) is 19.5. The summed E-state index contributed by atoms with van der Waals surface area (Å²) >= 11 is 0. The molecular weight excluding hydrogens is 406 g/mol. The van der Waals surface area contributed by atoms with E-state index in [1.54, 1.807) is 0 Å². The van der Waals surface area contributed by atoms with Crippen LogP contribution >= 0.6 is 0 Å². The number of hydrogen-bond donors (Lipinski definition) is 0. The van der Waals surface area contributed by atoms with Crippen LogP contribution in [-0.4, -0.2) is 85.1 Å². The lowest BCUT2D eigenvalue weighted by Gasteiger charge is -2.34. The molecule has 0 bridgehead atoms. The van der Waals surface area contributed by atoms with Gasteiger partial charge in [0.15, 0.2) is 0 Å². The van der Waals surface area contributed by atoms with Crippen molar-refractivity contribution in [1.82, 2.24) is 14.7 Å². The molecule has 3 saturated heterocycles. The van der Waals surface area contributed by atoms with Crippen LogP contribution in [0.2, 0.25) is 0 Å². The van der Waals surface area contributed by atoms with Gasteiger partial charge in [0.25, 0.3) is 0 Å². The number of carbonyl (C=O) groups is 2. The van der Waals surface area contributed by atoms with Crippen LogP contribution in [0.5, 0.6) is 5.75 Å². The molecule has 2 amide bonds. The van der Waals surface area contributed by atoms with Crippen molar-refractivity contribution in [1.29, 1.82) is 0 Å². The monoisotopic (exact) mass is 443 g/mol. The number of amides is 2. The molecule has 1 aromatic carbocycles. The van der Waals surface area contributed by atoms with Crippen LogP contribution in [0.3, 0.4) is 0 Å². The summed E-state index contributed by atoms with van der Waals surface area (Å²) in [4.78, 5) is 31.6. The number of likely N-dealkylation sites (tertiary alicyclic amines) is 2. The largest absolute Gasteiger partial charge is 0.491 e. The Morgan fingerprint density at radius 2 is 1.84 bits per heavy atom. The molecule has 1 aromatic rings. The Hall–Kier alpha value is -2.12. The number of benzene rings is 1. The lowest BCUT2D eigenvalue weighted by atomic mass is 9.95. The van der Waals surface area contributed by atoms with E-state index in [-0.39, 0.29) is 23.8 Å². The topological polar surface area (TPSA) is 62.3 Å². The number of hydrogen-bond acceptors (Lipinski definition) is 5. The SMILES string of the molecule is CC(C)Oc1ccccc1CN1CCC(CN2CC(C(=O)N3CCOCC3)CC2=O)CC1. The van der Waals surface area contributed by atoms with Crippen molar-refractivity contribution in [3.05, 3.63) is 29.8 Å². The molecule has 3 aliphatic rings. The minimum atomic E-state index is -0.182. The molecule has 0 spiro atoms. The lowest BCUT2D eigenvalue weighted by molar-refractivity contribution is -0.139. The molecule has 3 heterocycles. The number of morpholine rings is 1. The summed E-state index contributed by atoms with van der Waals surface area (Å²) < 4.78 is 11.3. The molecule has 3 aliphatic heterocycles. The smallest absolute Gasteiger partial charge is 0.228 e. The fourth-order valence-corrected chi connectivity index (χ4v) is 5.04. The van der Waals surface area contributed by atoms with Crippen molar-refractivity contribution in [2.75, 3.05) is 52.5 Å². The molecule has 7 nitrogen and oxygen atoms in total. The van der Waals surface area contributed by atoms with Gasteiger partial charge < -0.3 is 19.3 Å². The third-order valence-corrected chi connectivity index (χ3v) is 6.80. The second-order valence-corrected chi connectivity index (χ2v) is 9.63. The van der Waals surface area contributed by atoms with Crippen LogP contribution in [0.25, 0.3) is 0 Å². The van der Waals surface area contributed by atoms with Gasteiger partial charge in [0.1, 0.15) is 5.75 Å². The average molecular weight is 444 g/mol. The molecule has 7 heteroatoms. The number of rotatable bonds is 7. The quantitative estimate of drug-likeness (QED) is 0.648. The van der Waals surface area contributed by atoms with E-state index in [0.29, 0.717) is 45.2 Å². The van der Waals surface area contributed by atoms with Crippen molar-refractivity contribution in [2.24, 2.45) is 11.8 Å². The average Bonchev–Trinajstić information content (AvgIpc) is 3.16. The summed E-state index contributed by atoms with van der Waals surface area (Å²) in [6.07, 6.45) is 2.69. The molecule has 0 radical (unpaired) electrons. The summed E-state index contributed by atoms with van der Waals surface area (Å²) in [5.74, 6) is 1.57. The molecule has 1 unspecified atom stereocenters. The molecule has 4 rings (SSSR count). The van der Waals surface area contributed by atoms with Gasteiger partial charge in [0, 0.05) is 44.7 Å². The standard InChI is InChI=1S/C25H37N3O4/c1-19(2)32-23-6-4-3-5-21(23)17-26-9-7-20(8-10-26)16-28-18-22(15-24(28)29)25(30)27-11-13-31-14-12-27/h3-6,19-20,22H,7-18H2,1-2H3. The van der Waals surface area contributed by atoms with Gasteiger partial charge in [-0.05, 0) is 51.8 Å². The van der Waals surface area contributed by atoms with Gasteiger partial charge in [-0.2, -0.15) is 0 Å². The summed E-state index contributed by atoms with van der Waals surface area (Å²) in [5, 5.41) is 0. The van der Waals surface area contributed by atoms with E-state index in [1.807, 2.05) is 15.9 Å². The normalized spacial score (nSPS) is 23.2. The van der Waals surface area contributed by atoms with E-state index in [4.69, 9.17) is 9.47 Å². The summed E-state index contributed by atoms with van der Waals surface area (Å²) in [6.45, 7) is 10.9. The Bertz CT molecular complexity index is 785. The van der Waals surface area contributed by atoms with E-state index in [1.165, 1.54) is 5.56 Å². The van der Waals surface area contributed by atoms with Crippen molar-refractivity contribution >= 4 is 11.8 Å². The third-order valence-electron chi connectivity index (χ3n) is 6.80. The molecule has 0 aromatic heterocycles. The zero-order valence-electron chi connectivity index (χ0n) is 19.5. The highest BCUT2D eigenvalue weighted by atomic mass is 16.5. The first-order valence-corrected chi connectivity index (χ1v) is 12.1. The van der Waals surface area contributed by atoms with Gasteiger partial charge in [-0.1, -0.05) is 18.2 Å². The van der Waals surface area contributed by atoms with Crippen LogP contribution in [0.15, 0.2) is 24.3 Å². The van der Waals surface area contributed by atoms with Crippen LogP contribution < -0.4 is 4.74 Å². The maximum Gasteiger partial charge on any atom is 0.228 e. The molecular formula is C25H37N3O4. The van der Waals surface area contributed by atoms with Crippen LogP contribution in [-0.2, 0) is 20.9 Å². The minimum Gasteiger partial charge on any atom is -0.491 e. The number of carbonyl (C=O) groups excluding carboxylic acids is 2. The predicted octanol–water partition coefficient (Wildman–Crippen LogP) is 2.39. The number of ether oxygens (including phenoxy) is 2. The van der Waals surface area contributed by atoms with Gasteiger partial charge in [0.05, 0.1) is 25.2 Å². The van der Waals surface area contributed by atoms with Gasteiger partial charge in [-0.25, -0.2) is 0 Å². The Balaban J connectivity index is 1.24. The molecule has 0 saturated carbocycles. The van der Waals surface area contributed by atoms with Crippen LogP contribution in [0.1, 0.15) is 38.7 Å². The fraction of sp³-hybridized carbons (Fsp3) is 0.680. The van der Waals surface area contributed by atoms with E-state index >= 15 is 0 Å². The van der Waals surface area contributed by atoms with Gasteiger partial charge >= 0.3 is 0 Å². The lowest BCUT2D eigenvalue weighted by Crippen LogP contribution is -2.44. The van der Waals surface area contributed by atoms with Gasteiger partial charge in [0.2, 0.25) is 11.8 Å². The second kappa shape index (κ2) is 10.7. The Kier molecular flexibility index (Phi) is 7.68. The van der Waals surface area contributed by atoms with E-state index < -0.39 is 0 Å². The first kappa shape index (κ1) is 23.1. The molecule has 3 fully saturated rings. The van der Waals surface area contributed by atoms with Crippen LogP contribution in [0, 0.1) is 11.8 Å². The fourth-order valence-electron chi connectivity index (χ4n) is 5.04. The third kappa shape index (κ3) is 5.81. The molecule has 176 valence electrons. The number of nitrogens with zero attached hydrogens (tertiary/aromatic N) is 3.